The maximum absolute atomic E-state index is 12.7. The lowest BCUT2D eigenvalue weighted by atomic mass is 9.91. The van der Waals surface area contributed by atoms with Crippen molar-refractivity contribution in [3.05, 3.63) is 29.8 Å². The topological polar surface area (TPSA) is 53.1 Å². The minimum atomic E-state index is -4.36. The van der Waals surface area contributed by atoms with E-state index in [1.807, 2.05) is 6.07 Å². The molecule has 2 rings (SSSR count). The molecule has 19 heavy (non-hydrogen) atoms. The number of hydrogen-bond donors (Lipinski definition) is 1. The molecule has 0 spiro atoms. The molecule has 1 aliphatic rings. The van der Waals surface area contributed by atoms with Crippen LogP contribution in [0, 0.1) is 11.3 Å². The second-order valence-corrected chi connectivity index (χ2v) is 4.84. The normalized spacial score (nSPS) is 24.1. The number of halogens is 3. The summed E-state index contributed by atoms with van der Waals surface area (Å²) in [5, 5.41) is 9.02. The fourth-order valence-corrected chi connectivity index (χ4v) is 2.27. The fourth-order valence-electron chi connectivity index (χ4n) is 2.27. The monoisotopic (exact) mass is 269 g/mol. The van der Waals surface area contributed by atoms with Gasteiger partial charge in [0.15, 0.2) is 0 Å². The third-order valence-electron chi connectivity index (χ3n) is 3.29. The quantitative estimate of drug-likeness (QED) is 0.852. The Morgan fingerprint density at radius 3 is 2.74 bits per heavy atom. The third kappa shape index (κ3) is 2.99. The summed E-state index contributed by atoms with van der Waals surface area (Å²) in [5.74, 6) is 0. The molecule has 1 fully saturated rings. The summed E-state index contributed by atoms with van der Waals surface area (Å²) in [7, 11) is 0. The van der Waals surface area contributed by atoms with Crippen LogP contribution in [0.4, 0.5) is 18.9 Å². The van der Waals surface area contributed by atoms with Gasteiger partial charge in [-0.15, -0.1) is 0 Å². The maximum Gasteiger partial charge on any atom is 0.416 e. The molecule has 6 heteroatoms. The molecule has 0 aromatic heterocycles. The molecule has 1 saturated heterocycles. The van der Waals surface area contributed by atoms with Gasteiger partial charge in [-0.2, -0.15) is 18.4 Å². The lowest BCUT2D eigenvalue weighted by Gasteiger charge is -2.37. The molecule has 1 atom stereocenters. The summed E-state index contributed by atoms with van der Waals surface area (Å²) in [4.78, 5) is 1.74. The van der Waals surface area contributed by atoms with Gasteiger partial charge in [0.25, 0.3) is 0 Å². The van der Waals surface area contributed by atoms with Gasteiger partial charge in [-0.25, -0.2) is 0 Å². The van der Waals surface area contributed by atoms with Crippen molar-refractivity contribution in [3.63, 3.8) is 0 Å². The van der Waals surface area contributed by atoms with E-state index < -0.39 is 17.3 Å². The second-order valence-electron chi connectivity index (χ2n) is 4.84. The van der Waals surface area contributed by atoms with Gasteiger partial charge in [-0.3, -0.25) is 0 Å². The number of hydrogen-bond acceptors (Lipinski definition) is 3. The van der Waals surface area contributed by atoms with Crippen LogP contribution in [0.25, 0.3) is 0 Å². The first kappa shape index (κ1) is 13.7. The number of rotatable bonds is 1. The Morgan fingerprint density at radius 1 is 1.37 bits per heavy atom. The Kier molecular flexibility index (Phi) is 3.42. The highest BCUT2D eigenvalue weighted by molar-refractivity contribution is 5.50. The van der Waals surface area contributed by atoms with Gasteiger partial charge in [0.1, 0.15) is 5.54 Å². The van der Waals surface area contributed by atoms with E-state index in [2.05, 4.69) is 0 Å². The van der Waals surface area contributed by atoms with Crippen molar-refractivity contribution in [1.82, 2.24) is 0 Å². The van der Waals surface area contributed by atoms with Crippen molar-refractivity contribution in [2.24, 2.45) is 5.73 Å². The zero-order valence-electron chi connectivity index (χ0n) is 10.2. The van der Waals surface area contributed by atoms with E-state index in [0.717, 1.165) is 12.1 Å². The number of benzene rings is 1. The molecule has 0 radical (unpaired) electrons. The van der Waals surface area contributed by atoms with Crippen LogP contribution in [-0.2, 0) is 6.18 Å². The largest absolute Gasteiger partial charge is 0.416 e. The summed E-state index contributed by atoms with van der Waals surface area (Å²) in [6.45, 7) is 0.868. The van der Waals surface area contributed by atoms with Crippen LogP contribution < -0.4 is 10.6 Å². The minimum Gasteiger partial charge on any atom is -0.369 e. The van der Waals surface area contributed by atoms with E-state index in [-0.39, 0.29) is 6.54 Å². The zero-order valence-corrected chi connectivity index (χ0v) is 10.2. The average molecular weight is 269 g/mol. The molecular weight excluding hydrogens is 255 g/mol. The first-order valence-electron chi connectivity index (χ1n) is 5.96. The Balaban J connectivity index is 2.25. The number of piperidine rings is 1. The van der Waals surface area contributed by atoms with Gasteiger partial charge in [0, 0.05) is 18.8 Å². The predicted molar refractivity (Wildman–Crippen MR) is 65.4 cm³/mol. The highest BCUT2D eigenvalue weighted by Crippen LogP contribution is 2.32. The lowest BCUT2D eigenvalue weighted by Crippen LogP contribution is -2.53. The predicted octanol–water partition coefficient (Wildman–Crippen LogP) is 2.53. The number of alkyl halides is 3. The Hall–Kier alpha value is -1.74. The Bertz CT molecular complexity index is 507. The molecule has 1 aliphatic heterocycles. The molecular formula is C13H14F3N3. The summed E-state index contributed by atoms with van der Waals surface area (Å²) in [5.41, 5.74) is 4.68. The maximum atomic E-state index is 12.7. The van der Waals surface area contributed by atoms with Gasteiger partial charge < -0.3 is 10.6 Å². The van der Waals surface area contributed by atoms with E-state index in [0.29, 0.717) is 25.1 Å². The standard InChI is InChI=1S/C13H14F3N3/c14-13(15,16)10-3-1-4-11(7-10)19-6-2-5-12(18,8-17)9-19/h1,3-4,7H,2,5-6,9,18H2. The number of nitriles is 1. The van der Waals surface area contributed by atoms with Crippen molar-refractivity contribution in [1.29, 1.82) is 5.26 Å². The molecule has 2 N–H and O–H groups in total. The number of anilines is 1. The highest BCUT2D eigenvalue weighted by atomic mass is 19.4. The van der Waals surface area contributed by atoms with Gasteiger partial charge >= 0.3 is 6.18 Å². The smallest absolute Gasteiger partial charge is 0.369 e. The molecule has 0 saturated carbocycles. The van der Waals surface area contributed by atoms with Crippen molar-refractivity contribution in [3.8, 4) is 6.07 Å². The van der Waals surface area contributed by atoms with Crippen LogP contribution >= 0.6 is 0 Å². The lowest BCUT2D eigenvalue weighted by molar-refractivity contribution is -0.137. The van der Waals surface area contributed by atoms with Crippen LogP contribution in [0.1, 0.15) is 18.4 Å². The number of nitrogens with two attached hydrogens (primary N) is 1. The van der Waals surface area contributed by atoms with Gasteiger partial charge in [0.05, 0.1) is 11.6 Å². The van der Waals surface area contributed by atoms with Crippen molar-refractivity contribution in [2.45, 2.75) is 24.6 Å². The summed E-state index contributed by atoms with van der Waals surface area (Å²) in [6.07, 6.45) is -3.10. The molecule has 1 unspecified atom stereocenters. The molecule has 3 nitrogen and oxygen atoms in total. The van der Waals surface area contributed by atoms with Crippen LogP contribution in [0.3, 0.4) is 0 Å². The van der Waals surface area contributed by atoms with E-state index in [1.165, 1.54) is 6.07 Å². The van der Waals surface area contributed by atoms with E-state index in [9.17, 15) is 13.2 Å². The summed E-state index contributed by atoms with van der Waals surface area (Å²) >= 11 is 0. The van der Waals surface area contributed by atoms with Crippen molar-refractivity contribution >= 4 is 5.69 Å². The zero-order chi connectivity index (χ0) is 14.1. The van der Waals surface area contributed by atoms with Gasteiger partial charge in [0.2, 0.25) is 0 Å². The summed E-state index contributed by atoms with van der Waals surface area (Å²) in [6, 6.07) is 7.16. The van der Waals surface area contributed by atoms with Gasteiger partial charge in [-0.1, -0.05) is 6.07 Å². The van der Waals surface area contributed by atoms with Gasteiger partial charge in [-0.05, 0) is 31.0 Å². The van der Waals surface area contributed by atoms with Crippen LogP contribution in [0.5, 0.6) is 0 Å². The van der Waals surface area contributed by atoms with E-state index in [1.54, 1.807) is 11.0 Å². The Labute approximate surface area is 109 Å². The molecule has 1 aromatic carbocycles. The first-order chi connectivity index (χ1) is 8.84. The molecule has 0 bridgehead atoms. The summed E-state index contributed by atoms with van der Waals surface area (Å²) < 4.78 is 38.0. The molecule has 1 aromatic rings. The minimum absolute atomic E-state index is 0.255. The fraction of sp³-hybridized carbons (Fsp3) is 0.462. The van der Waals surface area contributed by atoms with Crippen LogP contribution in [0.2, 0.25) is 0 Å². The molecule has 1 heterocycles. The average Bonchev–Trinajstić information content (AvgIpc) is 2.38. The Morgan fingerprint density at radius 2 is 2.11 bits per heavy atom. The van der Waals surface area contributed by atoms with Crippen LogP contribution in [0.15, 0.2) is 24.3 Å². The number of nitrogens with zero attached hydrogens (tertiary/aromatic N) is 2. The second kappa shape index (κ2) is 4.74. The van der Waals surface area contributed by atoms with Crippen molar-refractivity contribution in [2.75, 3.05) is 18.0 Å². The first-order valence-corrected chi connectivity index (χ1v) is 5.96. The van der Waals surface area contributed by atoms with E-state index >= 15 is 0 Å². The third-order valence-corrected chi connectivity index (χ3v) is 3.29. The highest BCUT2D eigenvalue weighted by Gasteiger charge is 2.34. The molecule has 0 aliphatic carbocycles. The SMILES string of the molecule is N#CC1(N)CCCN(c2cccc(C(F)(F)F)c2)C1. The molecule has 102 valence electrons. The van der Waals surface area contributed by atoms with Crippen molar-refractivity contribution < 1.29 is 13.2 Å². The van der Waals surface area contributed by atoms with E-state index in [4.69, 9.17) is 11.0 Å². The van der Waals surface area contributed by atoms with Crippen LogP contribution in [-0.4, -0.2) is 18.6 Å². The molecule has 0 amide bonds.